The molecule has 0 spiro atoms. The summed E-state index contributed by atoms with van der Waals surface area (Å²) in [5.41, 5.74) is 3.86. The number of hydrogen-bond acceptors (Lipinski definition) is 7. The molecule has 2 N–H and O–H groups in total. The summed E-state index contributed by atoms with van der Waals surface area (Å²) in [4.78, 5) is 25.8. The van der Waals surface area contributed by atoms with E-state index in [2.05, 4.69) is 20.6 Å². The van der Waals surface area contributed by atoms with Gasteiger partial charge in [0.05, 0.1) is 5.69 Å². The van der Waals surface area contributed by atoms with E-state index < -0.39 is 0 Å². The predicted octanol–water partition coefficient (Wildman–Crippen LogP) is 5.68. The molecule has 0 saturated heterocycles. The molecule has 4 aromatic rings. The molecule has 33 heavy (non-hydrogen) atoms. The maximum absolute atomic E-state index is 11.9. The van der Waals surface area contributed by atoms with Gasteiger partial charge in [-0.3, -0.25) is 9.78 Å². The summed E-state index contributed by atoms with van der Waals surface area (Å²) in [6.07, 6.45) is 4.03. The van der Waals surface area contributed by atoms with Crippen molar-refractivity contribution in [1.82, 2.24) is 20.3 Å². The van der Waals surface area contributed by atoms with Crippen LogP contribution in [0.3, 0.4) is 0 Å². The molecule has 1 fully saturated rings. The van der Waals surface area contributed by atoms with E-state index in [1.54, 1.807) is 36.7 Å². The minimum atomic E-state index is -0.141. The SMILES string of the molecule is CNC(=O)c1cccc(Nc2cc(Oc3sc(C4CC4)nc3-c3cccc(C)n3)ccn2)c1. The number of aryl methyl sites for hydroxylation is 1. The van der Waals surface area contributed by atoms with Crippen molar-refractivity contribution in [3.05, 3.63) is 77.1 Å². The maximum Gasteiger partial charge on any atom is 0.251 e. The number of thiazole rings is 1. The lowest BCUT2D eigenvalue weighted by Gasteiger charge is -2.10. The van der Waals surface area contributed by atoms with E-state index in [4.69, 9.17) is 9.72 Å². The van der Waals surface area contributed by atoms with Gasteiger partial charge in [0, 0.05) is 42.2 Å². The van der Waals surface area contributed by atoms with E-state index >= 15 is 0 Å². The summed E-state index contributed by atoms with van der Waals surface area (Å²) in [6.45, 7) is 1.97. The Kier molecular flexibility index (Phi) is 5.75. The molecule has 0 bridgehead atoms. The van der Waals surface area contributed by atoms with Crippen molar-refractivity contribution < 1.29 is 9.53 Å². The third kappa shape index (κ3) is 4.85. The Bertz CT molecular complexity index is 1320. The minimum absolute atomic E-state index is 0.141. The molecule has 1 saturated carbocycles. The molecule has 8 heteroatoms. The summed E-state index contributed by atoms with van der Waals surface area (Å²) < 4.78 is 6.29. The van der Waals surface area contributed by atoms with Gasteiger partial charge in [-0.25, -0.2) is 9.97 Å². The molecule has 5 rings (SSSR count). The highest BCUT2D eigenvalue weighted by Gasteiger charge is 2.29. The van der Waals surface area contributed by atoms with E-state index in [0.717, 1.165) is 32.8 Å². The largest absolute Gasteiger partial charge is 0.444 e. The number of aromatic nitrogens is 3. The molecule has 3 aromatic heterocycles. The van der Waals surface area contributed by atoms with Crippen LogP contribution < -0.4 is 15.4 Å². The Morgan fingerprint density at radius 2 is 1.94 bits per heavy atom. The van der Waals surface area contributed by atoms with Crippen LogP contribution in [-0.2, 0) is 0 Å². The van der Waals surface area contributed by atoms with E-state index in [-0.39, 0.29) is 5.91 Å². The summed E-state index contributed by atoms with van der Waals surface area (Å²) in [6, 6.07) is 16.8. The number of rotatable bonds is 7. The first kappa shape index (κ1) is 21.1. The van der Waals surface area contributed by atoms with Crippen molar-refractivity contribution in [3.8, 4) is 22.2 Å². The minimum Gasteiger partial charge on any atom is -0.444 e. The number of pyridine rings is 2. The van der Waals surface area contributed by atoms with E-state index in [1.807, 2.05) is 49.4 Å². The third-order valence-electron chi connectivity index (χ3n) is 5.24. The van der Waals surface area contributed by atoms with Crippen LogP contribution in [0.4, 0.5) is 11.5 Å². The molecule has 0 aliphatic heterocycles. The normalized spacial score (nSPS) is 12.9. The van der Waals surface area contributed by atoms with Gasteiger partial charge in [0.2, 0.25) is 5.06 Å². The van der Waals surface area contributed by atoms with Gasteiger partial charge in [-0.05, 0) is 56.2 Å². The van der Waals surface area contributed by atoms with Crippen molar-refractivity contribution in [2.45, 2.75) is 25.7 Å². The number of ether oxygens (including phenoxy) is 1. The smallest absolute Gasteiger partial charge is 0.251 e. The molecule has 3 heterocycles. The summed E-state index contributed by atoms with van der Waals surface area (Å²) in [5, 5.41) is 7.70. The molecule has 1 aliphatic carbocycles. The number of amides is 1. The van der Waals surface area contributed by atoms with Gasteiger partial charge >= 0.3 is 0 Å². The molecular weight excluding hydrogens is 434 g/mol. The summed E-state index contributed by atoms with van der Waals surface area (Å²) in [5.74, 6) is 1.65. The second kappa shape index (κ2) is 8.99. The zero-order valence-electron chi connectivity index (χ0n) is 18.3. The molecule has 0 atom stereocenters. The second-order valence-electron chi connectivity index (χ2n) is 7.89. The van der Waals surface area contributed by atoms with Gasteiger partial charge in [0.1, 0.15) is 22.3 Å². The topological polar surface area (TPSA) is 89.0 Å². The molecule has 166 valence electrons. The number of nitrogens with zero attached hydrogens (tertiary/aromatic N) is 3. The predicted molar refractivity (Wildman–Crippen MR) is 129 cm³/mol. The van der Waals surface area contributed by atoms with E-state index in [1.165, 1.54) is 12.8 Å². The maximum atomic E-state index is 11.9. The second-order valence-corrected chi connectivity index (χ2v) is 8.88. The average molecular weight is 458 g/mol. The molecule has 1 amide bonds. The highest BCUT2D eigenvalue weighted by Crippen LogP contribution is 2.47. The lowest BCUT2D eigenvalue weighted by molar-refractivity contribution is 0.0963. The zero-order valence-corrected chi connectivity index (χ0v) is 19.1. The highest BCUT2D eigenvalue weighted by molar-refractivity contribution is 7.14. The first-order chi connectivity index (χ1) is 16.1. The number of carbonyl (C=O) groups is 1. The van der Waals surface area contributed by atoms with Crippen molar-refractivity contribution in [2.75, 3.05) is 12.4 Å². The Balaban J connectivity index is 1.41. The Hall–Kier alpha value is -3.78. The fourth-order valence-electron chi connectivity index (χ4n) is 3.41. The van der Waals surface area contributed by atoms with Crippen LogP contribution in [0.15, 0.2) is 60.8 Å². The van der Waals surface area contributed by atoms with Gasteiger partial charge in [-0.1, -0.05) is 23.5 Å². The summed E-state index contributed by atoms with van der Waals surface area (Å²) in [7, 11) is 1.61. The first-order valence-electron chi connectivity index (χ1n) is 10.8. The molecule has 0 radical (unpaired) electrons. The zero-order chi connectivity index (χ0) is 22.8. The highest BCUT2D eigenvalue weighted by atomic mass is 32.1. The number of anilines is 2. The van der Waals surface area contributed by atoms with Gasteiger partial charge in [0.15, 0.2) is 0 Å². The Labute approximate surface area is 195 Å². The lowest BCUT2D eigenvalue weighted by atomic mass is 10.2. The molecule has 1 aliphatic rings. The van der Waals surface area contributed by atoms with Crippen LogP contribution in [0.5, 0.6) is 10.8 Å². The van der Waals surface area contributed by atoms with Crippen LogP contribution >= 0.6 is 11.3 Å². The number of hydrogen-bond donors (Lipinski definition) is 2. The monoisotopic (exact) mass is 457 g/mol. The van der Waals surface area contributed by atoms with Gasteiger partial charge in [-0.2, -0.15) is 0 Å². The Morgan fingerprint density at radius 1 is 1.09 bits per heavy atom. The number of benzene rings is 1. The average Bonchev–Trinajstić information content (AvgIpc) is 3.59. The molecule has 0 unspecified atom stereocenters. The van der Waals surface area contributed by atoms with Crippen molar-refractivity contribution >= 4 is 28.7 Å². The molecular formula is C25H23N5O2S. The number of nitrogens with one attached hydrogen (secondary N) is 2. The lowest BCUT2D eigenvalue weighted by Crippen LogP contribution is -2.17. The summed E-state index contributed by atoms with van der Waals surface area (Å²) >= 11 is 1.58. The van der Waals surface area contributed by atoms with Crippen molar-refractivity contribution in [2.24, 2.45) is 0 Å². The fourth-order valence-corrected chi connectivity index (χ4v) is 4.53. The van der Waals surface area contributed by atoms with Crippen LogP contribution in [-0.4, -0.2) is 27.9 Å². The van der Waals surface area contributed by atoms with Gasteiger partial charge in [0.25, 0.3) is 5.91 Å². The van der Waals surface area contributed by atoms with Crippen LogP contribution in [0, 0.1) is 6.92 Å². The number of carbonyl (C=O) groups excluding carboxylic acids is 1. The third-order valence-corrected chi connectivity index (χ3v) is 6.33. The van der Waals surface area contributed by atoms with E-state index in [9.17, 15) is 4.79 Å². The molecule has 7 nitrogen and oxygen atoms in total. The van der Waals surface area contributed by atoms with Crippen molar-refractivity contribution in [3.63, 3.8) is 0 Å². The van der Waals surface area contributed by atoms with Gasteiger partial charge in [-0.15, -0.1) is 0 Å². The van der Waals surface area contributed by atoms with Crippen LogP contribution in [0.2, 0.25) is 0 Å². The standard InChI is InChI=1S/C25H23N5O2S/c1-15-5-3-8-20(28-15)22-25(33-24(30-22)16-9-10-16)32-19-11-12-27-21(14-19)29-18-7-4-6-17(13-18)23(31)26-2/h3-8,11-14,16H,9-10H2,1-2H3,(H,26,31)(H,27,29). The molecule has 1 aromatic carbocycles. The van der Waals surface area contributed by atoms with Crippen molar-refractivity contribution in [1.29, 1.82) is 0 Å². The van der Waals surface area contributed by atoms with Crippen LogP contribution in [0.1, 0.15) is 39.8 Å². The first-order valence-corrected chi connectivity index (χ1v) is 11.6. The van der Waals surface area contributed by atoms with Crippen LogP contribution in [0.25, 0.3) is 11.4 Å². The fraction of sp³-hybridized carbons (Fsp3) is 0.200. The van der Waals surface area contributed by atoms with E-state index in [0.29, 0.717) is 23.0 Å². The Morgan fingerprint density at radius 3 is 2.73 bits per heavy atom. The van der Waals surface area contributed by atoms with Gasteiger partial charge < -0.3 is 15.4 Å². The quantitative estimate of drug-likeness (QED) is 0.371.